The van der Waals surface area contributed by atoms with Gasteiger partial charge in [0.15, 0.2) is 6.04 Å². The predicted molar refractivity (Wildman–Crippen MR) is 84.3 cm³/mol. The molecular weight excluding hydrogens is 258 g/mol. The van der Waals surface area contributed by atoms with Gasteiger partial charge in [0.1, 0.15) is 5.69 Å². The van der Waals surface area contributed by atoms with Crippen molar-refractivity contribution in [1.82, 2.24) is 9.97 Å². The molecule has 1 aromatic carbocycles. The Morgan fingerprint density at radius 2 is 1.81 bits per heavy atom. The van der Waals surface area contributed by atoms with Crippen LogP contribution in [0, 0.1) is 0 Å². The highest BCUT2D eigenvalue weighted by atomic mass is 15.2. The maximum absolute atomic E-state index is 4.65. The fraction of sp³-hybridized carbons (Fsp3) is 0.278. The quantitative estimate of drug-likeness (QED) is 0.757. The Morgan fingerprint density at radius 3 is 2.62 bits per heavy atom. The number of quaternary nitrogens is 1. The third-order valence-electron chi connectivity index (χ3n) is 4.57. The van der Waals surface area contributed by atoms with E-state index in [0.717, 1.165) is 0 Å². The van der Waals surface area contributed by atoms with Crippen LogP contribution in [0.25, 0.3) is 10.9 Å². The van der Waals surface area contributed by atoms with Gasteiger partial charge in [-0.05, 0) is 18.2 Å². The highest BCUT2D eigenvalue weighted by molar-refractivity contribution is 5.83. The molecule has 0 spiro atoms. The molecule has 1 aliphatic heterocycles. The van der Waals surface area contributed by atoms with Crippen molar-refractivity contribution in [3.05, 3.63) is 66.1 Å². The van der Waals surface area contributed by atoms with Crippen LogP contribution in [0.15, 0.2) is 54.9 Å². The van der Waals surface area contributed by atoms with Crippen LogP contribution in [0.1, 0.15) is 30.1 Å². The molecular formula is C18H20N3+. The van der Waals surface area contributed by atoms with Crippen molar-refractivity contribution in [3.8, 4) is 0 Å². The van der Waals surface area contributed by atoms with Crippen molar-refractivity contribution in [2.24, 2.45) is 0 Å². The SMILES string of the molecule is c1ccc(C(c2c[nH]c3ccccc23)[NH+]2CCCC2)nc1. The number of aromatic amines is 1. The van der Waals surface area contributed by atoms with Gasteiger partial charge in [0.2, 0.25) is 0 Å². The van der Waals surface area contributed by atoms with Crippen molar-refractivity contribution < 1.29 is 4.90 Å². The van der Waals surface area contributed by atoms with Crippen molar-refractivity contribution >= 4 is 10.9 Å². The molecule has 0 saturated carbocycles. The molecule has 1 fully saturated rings. The molecule has 0 amide bonds. The summed E-state index contributed by atoms with van der Waals surface area (Å²) in [6, 6.07) is 15.2. The molecule has 1 atom stereocenters. The molecule has 2 aromatic heterocycles. The molecule has 1 unspecified atom stereocenters. The molecule has 0 aliphatic carbocycles. The summed E-state index contributed by atoms with van der Waals surface area (Å²) in [6.45, 7) is 2.47. The third-order valence-corrected chi connectivity index (χ3v) is 4.57. The van der Waals surface area contributed by atoms with Crippen LogP contribution in [0.2, 0.25) is 0 Å². The molecule has 2 N–H and O–H groups in total. The third kappa shape index (κ3) is 2.24. The van der Waals surface area contributed by atoms with Gasteiger partial charge in [-0.15, -0.1) is 0 Å². The Bertz CT molecular complexity index is 726. The highest BCUT2D eigenvalue weighted by Gasteiger charge is 2.31. The predicted octanol–water partition coefficient (Wildman–Crippen LogP) is 2.33. The number of para-hydroxylation sites is 1. The molecule has 1 aliphatic rings. The van der Waals surface area contributed by atoms with E-state index in [4.69, 9.17) is 0 Å². The monoisotopic (exact) mass is 278 g/mol. The number of benzene rings is 1. The molecule has 21 heavy (non-hydrogen) atoms. The van der Waals surface area contributed by atoms with Crippen LogP contribution in [0.3, 0.4) is 0 Å². The van der Waals surface area contributed by atoms with E-state index in [-0.39, 0.29) is 0 Å². The Hall–Kier alpha value is -2.13. The van der Waals surface area contributed by atoms with E-state index < -0.39 is 0 Å². The number of rotatable bonds is 3. The first-order valence-electron chi connectivity index (χ1n) is 7.75. The van der Waals surface area contributed by atoms with Gasteiger partial charge in [-0.1, -0.05) is 24.3 Å². The van der Waals surface area contributed by atoms with E-state index in [1.807, 2.05) is 12.3 Å². The Labute approximate surface area is 124 Å². The number of likely N-dealkylation sites (tertiary alicyclic amines) is 1. The van der Waals surface area contributed by atoms with Gasteiger partial charge in [0.05, 0.1) is 13.1 Å². The second kappa shape index (κ2) is 5.34. The number of nitrogens with zero attached hydrogens (tertiary/aromatic N) is 1. The van der Waals surface area contributed by atoms with Gasteiger partial charge in [-0.3, -0.25) is 4.98 Å². The maximum Gasteiger partial charge on any atom is 0.158 e. The topological polar surface area (TPSA) is 33.1 Å². The minimum Gasteiger partial charge on any atom is -0.361 e. The summed E-state index contributed by atoms with van der Waals surface area (Å²) in [5, 5.41) is 1.33. The number of hydrogen-bond donors (Lipinski definition) is 2. The van der Waals surface area contributed by atoms with Crippen molar-refractivity contribution in [1.29, 1.82) is 0 Å². The van der Waals surface area contributed by atoms with Crippen LogP contribution in [-0.4, -0.2) is 23.1 Å². The zero-order valence-electron chi connectivity index (χ0n) is 12.0. The van der Waals surface area contributed by atoms with Crippen LogP contribution in [-0.2, 0) is 0 Å². The summed E-state index contributed by atoms with van der Waals surface area (Å²) in [4.78, 5) is 9.71. The molecule has 1 saturated heterocycles. The normalized spacial score (nSPS) is 17.3. The number of aromatic nitrogens is 2. The molecule has 3 nitrogen and oxygen atoms in total. The van der Waals surface area contributed by atoms with Crippen molar-refractivity contribution in [2.75, 3.05) is 13.1 Å². The molecule has 0 radical (unpaired) electrons. The van der Waals surface area contributed by atoms with E-state index in [9.17, 15) is 0 Å². The summed E-state index contributed by atoms with van der Waals surface area (Å²) < 4.78 is 0. The fourth-order valence-corrected chi connectivity index (χ4v) is 3.59. The van der Waals surface area contributed by atoms with E-state index in [2.05, 4.69) is 52.6 Å². The van der Waals surface area contributed by atoms with Gasteiger partial charge >= 0.3 is 0 Å². The number of nitrogens with one attached hydrogen (secondary N) is 2. The van der Waals surface area contributed by atoms with E-state index >= 15 is 0 Å². The number of hydrogen-bond acceptors (Lipinski definition) is 1. The van der Waals surface area contributed by atoms with Gasteiger partial charge < -0.3 is 9.88 Å². The average molecular weight is 278 g/mol. The zero-order chi connectivity index (χ0) is 14.1. The van der Waals surface area contributed by atoms with Gasteiger partial charge in [0.25, 0.3) is 0 Å². The van der Waals surface area contributed by atoms with Crippen LogP contribution >= 0.6 is 0 Å². The average Bonchev–Trinajstić information content (AvgIpc) is 3.20. The maximum atomic E-state index is 4.65. The first kappa shape index (κ1) is 12.6. The molecule has 0 bridgehead atoms. The summed E-state index contributed by atoms with van der Waals surface area (Å²) in [6.07, 6.45) is 6.73. The minimum absolute atomic E-state index is 0.338. The molecule has 106 valence electrons. The minimum atomic E-state index is 0.338. The van der Waals surface area contributed by atoms with Crippen molar-refractivity contribution in [2.45, 2.75) is 18.9 Å². The Balaban J connectivity index is 1.85. The lowest BCUT2D eigenvalue weighted by atomic mass is 10.0. The second-order valence-electron chi connectivity index (χ2n) is 5.84. The van der Waals surface area contributed by atoms with Gasteiger partial charge in [-0.25, -0.2) is 0 Å². The summed E-state index contributed by atoms with van der Waals surface area (Å²) in [5.74, 6) is 0. The van der Waals surface area contributed by atoms with E-state index in [1.54, 1.807) is 4.90 Å². The van der Waals surface area contributed by atoms with Crippen molar-refractivity contribution in [3.63, 3.8) is 0 Å². The second-order valence-corrected chi connectivity index (χ2v) is 5.84. The summed E-state index contributed by atoms with van der Waals surface area (Å²) >= 11 is 0. The number of H-pyrrole nitrogens is 1. The van der Waals surface area contributed by atoms with Crippen LogP contribution in [0.4, 0.5) is 0 Å². The van der Waals surface area contributed by atoms with Gasteiger partial charge in [-0.2, -0.15) is 0 Å². The molecule has 3 heterocycles. The first-order valence-corrected chi connectivity index (χ1v) is 7.75. The number of fused-ring (bicyclic) bond motifs is 1. The lowest BCUT2D eigenvalue weighted by molar-refractivity contribution is -0.913. The Morgan fingerprint density at radius 1 is 1.00 bits per heavy atom. The largest absolute Gasteiger partial charge is 0.361 e. The van der Waals surface area contributed by atoms with Gasteiger partial charge in [0, 0.05) is 41.7 Å². The summed E-state index contributed by atoms with van der Waals surface area (Å²) in [5.41, 5.74) is 3.77. The van der Waals surface area contributed by atoms with Crippen LogP contribution in [0.5, 0.6) is 0 Å². The first-order chi connectivity index (χ1) is 10.4. The lowest BCUT2D eigenvalue weighted by Crippen LogP contribution is -3.10. The van der Waals surface area contributed by atoms with E-state index in [1.165, 1.54) is 48.1 Å². The molecule has 3 aromatic rings. The standard InChI is InChI=1S/C18H19N3/c1-2-8-16-14(7-1)15(13-20-16)18(21-11-5-6-12-21)17-9-3-4-10-19-17/h1-4,7-10,13,18,20H,5-6,11-12H2/p+1. The van der Waals surface area contributed by atoms with E-state index in [0.29, 0.717) is 6.04 Å². The smallest absolute Gasteiger partial charge is 0.158 e. The molecule has 4 rings (SSSR count). The molecule has 3 heteroatoms. The van der Waals surface area contributed by atoms with Crippen LogP contribution < -0.4 is 4.90 Å². The number of pyridine rings is 1. The summed E-state index contributed by atoms with van der Waals surface area (Å²) in [7, 11) is 0. The Kier molecular flexibility index (Phi) is 3.20. The highest BCUT2D eigenvalue weighted by Crippen LogP contribution is 2.26. The lowest BCUT2D eigenvalue weighted by Gasteiger charge is -2.24. The fourth-order valence-electron chi connectivity index (χ4n) is 3.59. The zero-order valence-corrected chi connectivity index (χ0v) is 12.0.